The Hall–Kier alpha value is -2.96. The molecule has 0 aliphatic rings. The zero-order chi connectivity index (χ0) is 18.0. The topological polar surface area (TPSA) is 81.2 Å². The Morgan fingerprint density at radius 2 is 2.00 bits per heavy atom. The molecule has 7 nitrogen and oxygen atoms in total. The van der Waals surface area contributed by atoms with Crippen LogP contribution in [-0.4, -0.2) is 27.2 Å². The van der Waals surface area contributed by atoms with E-state index in [1.165, 1.54) is 10.9 Å². The van der Waals surface area contributed by atoms with Crippen molar-refractivity contribution < 1.29 is 9.32 Å². The van der Waals surface area contributed by atoms with Gasteiger partial charge in [0.05, 0.1) is 5.69 Å². The lowest BCUT2D eigenvalue weighted by Gasteiger charge is -2.26. The summed E-state index contributed by atoms with van der Waals surface area (Å²) in [5.74, 6) is -0.145. The Morgan fingerprint density at radius 3 is 2.64 bits per heavy atom. The molecule has 0 bridgehead atoms. The van der Waals surface area contributed by atoms with E-state index >= 15 is 0 Å². The second kappa shape index (κ2) is 6.88. The number of anilines is 1. The first-order valence-corrected chi connectivity index (χ1v) is 8.28. The van der Waals surface area contributed by atoms with E-state index in [0.29, 0.717) is 24.0 Å². The van der Waals surface area contributed by atoms with Crippen molar-refractivity contribution in [1.82, 2.24) is 14.7 Å². The average molecular weight is 340 g/mol. The van der Waals surface area contributed by atoms with E-state index in [9.17, 15) is 9.59 Å². The maximum absolute atomic E-state index is 13.1. The van der Waals surface area contributed by atoms with Gasteiger partial charge in [0.2, 0.25) is 5.91 Å². The summed E-state index contributed by atoms with van der Waals surface area (Å²) in [6.07, 6.45) is 1.83. The lowest BCUT2D eigenvalue weighted by atomic mass is 10.1. The summed E-state index contributed by atoms with van der Waals surface area (Å²) in [5, 5.41) is 4.10. The summed E-state index contributed by atoms with van der Waals surface area (Å²) in [7, 11) is 0. The van der Waals surface area contributed by atoms with Gasteiger partial charge in [-0.2, -0.15) is 0 Å². The van der Waals surface area contributed by atoms with Crippen LogP contribution >= 0.6 is 0 Å². The maximum Gasteiger partial charge on any atom is 0.267 e. The smallest absolute Gasteiger partial charge is 0.267 e. The predicted molar refractivity (Wildman–Crippen MR) is 94.6 cm³/mol. The van der Waals surface area contributed by atoms with Gasteiger partial charge in [-0.1, -0.05) is 30.3 Å². The summed E-state index contributed by atoms with van der Waals surface area (Å²) in [5.41, 5.74) is 1.15. The number of aromatic nitrogens is 3. The highest BCUT2D eigenvalue weighted by Gasteiger charge is 2.27. The van der Waals surface area contributed by atoms with Crippen molar-refractivity contribution in [3.05, 3.63) is 52.7 Å². The fourth-order valence-electron chi connectivity index (χ4n) is 2.95. The summed E-state index contributed by atoms with van der Waals surface area (Å²) in [4.78, 5) is 31.7. The summed E-state index contributed by atoms with van der Waals surface area (Å²) >= 11 is 0. The van der Waals surface area contributed by atoms with Gasteiger partial charge >= 0.3 is 0 Å². The van der Waals surface area contributed by atoms with Crippen LogP contribution in [0.4, 0.5) is 5.69 Å². The minimum atomic E-state index is -0.640. The Balaban J connectivity index is 2.05. The molecule has 0 N–H and O–H groups in total. The minimum absolute atomic E-state index is 0.145. The monoisotopic (exact) mass is 340 g/mol. The SMILES string of the molecule is CC[C@H](C(=O)N(CC)c1ccccc1)n1cnc2onc(C)c2c1=O. The van der Waals surface area contributed by atoms with Gasteiger partial charge in [0.15, 0.2) is 0 Å². The van der Waals surface area contributed by atoms with Gasteiger partial charge < -0.3 is 9.42 Å². The summed E-state index contributed by atoms with van der Waals surface area (Å²) in [6, 6.07) is 8.78. The number of carbonyl (C=O) groups is 1. The fourth-order valence-corrected chi connectivity index (χ4v) is 2.95. The Labute approximate surface area is 144 Å². The molecule has 0 spiro atoms. The third-order valence-corrected chi connectivity index (χ3v) is 4.25. The van der Waals surface area contributed by atoms with Crippen LogP contribution in [0, 0.1) is 6.92 Å². The number of hydrogen-bond acceptors (Lipinski definition) is 5. The normalized spacial score (nSPS) is 12.3. The van der Waals surface area contributed by atoms with Gasteiger partial charge in [-0.05, 0) is 32.4 Å². The number of hydrogen-bond donors (Lipinski definition) is 0. The molecule has 0 saturated heterocycles. The zero-order valence-electron chi connectivity index (χ0n) is 14.5. The van der Waals surface area contributed by atoms with Gasteiger partial charge in [0.1, 0.15) is 17.8 Å². The lowest BCUT2D eigenvalue weighted by Crippen LogP contribution is -2.40. The molecule has 1 amide bonds. The maximum atomic E-state index is 13.1. The van der Waals surface area contributed by atoms with Crippen molar-refractivity contribution in [3.8, 4) is 0 Å². The Morgan fingerprint density at radius 1 is 1.28 bits per heavy atom. The second-order valence-electron chi connectivity index (χ2n) is 5.75. The molecule has 0 saturated carbocycles. The highest BCUT2D eigenvalue weighted by molar-refractivity contribution is 5.96. The number of carbonyl (C=O) groups excluding carboxylic acids is 1. The molecule has 3 aromatic rings. The van der Waals surface area contributed by atoms with Gasteiger partial charge in [0, 0.05) is 12.2 Å². The van der Waals surface area contributed by atoms with Gasteiger partial charge in [-0.25, -0.2) is 4.98 Å². The molecule has 1 aromatic carbocycles. The number of aryl methyl sites for hydroxylation is 1. The lowest BCUT2D eigenvalue weighted by molar-refractivity contribution is -0.121. The highest BCUT2D eigenvalue weighted by atomic mass is 16.5. The van der Waals surface area contributed by atoms with Crippen LogP contribution in [0.15, 0.2) is 46.0 Å². The predicted octanol–water partition coefficient (Wildman–Crippen LogP) is 2.70. The van der Waals surface area contributed by atoms with Gasteiger partial charge in [0.25, 0.3) is 11.3 Å². The molecule has 1 atom stereocenters. The molecule has 7 heteroatoms. The first-order valence-electron chi connectivity index (χ1n) is 8.28. The molecular weight excluding hydrogens is 320 g/mol. The Bertz CT molecular complexity index is 946. The number of nitrogens with zero attached hydrogens (tertiary/aromatic N) is 4. The van der Waals surface area contributed by atoms with Crippen LogP contribution in [0.2, 0.25) is 0 Å². The molecule has 2 aromatic heterocycles. The van der Waals surface area contributed by atoms with Gasteiger partial charge in [-0.15, -0.1) is 0 Å². The second-order valence-corrected chi connectivity index (χ2v) is 5.75. The number of benzene rings is 1. The Kier molecular flexibility index (Phi) is 4.65. The van der Waals surface area contributed by atoms with Crippen molar-refractivity contribution in [2.45, 2.75) is 33.2 Å². The fraction of sp³-hybridized carbons (Fsp3) is 0.333. The molecule has 0 aliphatic carbocycles. The first kappa shape index (κ1) is 16.9. The minimum Gasteiger partial charge on any atom is -0.335 e. The van der Waals surface area contributed by atoms with Crippen molar-refractivity contribution in [3.63, 3.8) is 0 Å². The van der Waals surface area contributed by atoms with E-state index in [0.717, 1.165) is 5.69 Å². The van der Waals surface area contributed by atoms with Crippen LogP contribution in [0.1, 0.15) is 32.0 Å². The van der Waals surface area contributed by atoms with E-state index < -0.39 is 6.04 Å². The van der Waals surface area contributed by atoms with Crippen molar-refractivity contribution in [2.75, 3.05) is 11.4 Å². The third-order valence-electron chi connectivity index (χ3n) is 4.25. The quantitative estimate of drug-likeness (QED) is 0.713. The molecule has 0 fully saturated rings. The average Bonchev–Trinajstić information content (AvgIpc) is 3.01. The highest BCUT2D eigenvalue weighted by Crippen LogP contribution is 2.21. The first-order chi connectivity index (χ1) is 12.1. The molecule has 3 rings (SSSR count). The van der Waals surface area contributed by atoms with Crippen LogP contribution in [0.25, 0.3) is 11.1 Å². The molecular formula is C18H20N4O3. The van der Waals surface area contributed by atoms with Crippen molar-refractivity contribution in [2.24, 2.45) is 0 Å². The van der Waals surface area contributed by atoms with E-state index in [2.05, 4.69) is 10.1 Å². The van der Waals surface area contributed by atoms with Crippen LogP contribution < -0.4 is 10.5 Å². The third kappa shape index (κ3) is 2.93. The summed E-state index contributed by atoms with van der Waals surface area (Å²) in [6.45, 7) is 5.98. The van der Waals surface area contributed by atoms with E-state index in [4.69, 9.17) is 4.52 Å². The molecule has 2 heterocycles. The molecule has 0 aliphatic heterocycles. The number of amides is 1. The number of fused-ring (bicyclic) bond motifs is 1. The molecule has 25 heavy (non-hydrogen) atoms. The largest absolute Gasteiger partial charge is 0.335 e. The molecule has 130 valence electrons. The summed E-state index contributed by atoms with van der Waals surface area (Å²) < 4.78 is 6.40. The number of rotatable bonds is 5. The van der Waals surface area contributed by atoms with Gasteiger partial charge in [-0.3, -0.25) is 14.2 Å². The number of likely N-dealkylation sites (N-methyl/N-ethyl adjacent to an activating group) is 1. The molecule has 0 unspecified atom stereocenters. The van der Waals surface area contributed by atoms with Crippen LogP contribution in [0.5, 0.6) is 0 Å². The van der Waals surface area contributed by atoms with Crippen molar-refractivity contribution >= 4 is 22.7 Å². The number of para-hydroxylation sites is 1. The van der Waals surface area contributed by atoms with Crippen LogP contribution in [0.3, 0.4) is 0 Å². The van der Waals surface area contributed by atoms with Crippen molar-refractivity contribution in [1.29, 1.82) is 0 Å². The zero-order valence-corrected chi connectivity index (χ0v) is 14.5. The van der Waals surface area contributed by atoms with E-state index in [1.807, 2.05) is 44.2 Å². The van der Waals surface area contributed by atoms with Crippen LogP contribution in [-0.2, 0) is 4.79 Å². The van der Waals surface area contributed by atoms with E-state index in [-0.39, 0.29) is 17.2 Å². The van der Waals surface area contributed by atoms with E-state index in [1.54, 1.807) is 11.8 Å². The molecule has 0 radical (unpaired) electrons. The standard InChI is InChI=1S/C18H20N4O3/c1-4-14(17(23)21(5-2)13-9-7-6-8-10-13)22-11-19-16-15(18(22)24)12(3)20-25-16/h6-11,14H,4-5H2,1-3H3/t14-/m1/s1.